The summed E-state index contributed by atoms with van der Waals surface area (Å²) in [4.78, 5) is 27.5. The minimum absolute atomic E-state index is 0.00687. The van der Waals surface area contributed by atoms with Gasteiger partial charge in [-0.2, -0.15) is 0 Å². The molecule has 4 saturated carbocycles. The van der Waals surface area contributed by atoms with Gasteiger partial charge in [-0.25, -0.2) is 4.79 Å². The van der Waals surface area contributed by atoms with Gasteiger partial charge in [0.25, 0.3) is 5.91 Å². The smallest absolute Gasteiger partial charge is 0.410 e. The Morgan fingerprint density at radius 3 is 2.24 bits per heavy atom. The lowest BCUT2D eigenvalue weighted by molar-refractivity contribution is -0.0503. The number of halogens is 1. The Kier molecular flexibility index (Phi) is 7.54. The number of carbonyl (C=O) groups excluding carboxylic acids is 2. The molecule has 0 radical (unpaired) electrons. The maximum Gasteiger partial charge on any atom is 0.410 e. The van der Waals surface area contributed by atoms with Crippen molar-refractivity contribution in [2.45, 2.75) is 83.7 Å². The summed E-state index contributed by atoms with van der Waals surface area (Å²) in [6.07, 6.45) is 9.20. The van der Waals surface area contributed by atoms with E-state index in [1.54, 1.807) is 11.0 Å². The quantitative estimate of drug-likeness (QED) is 0.472. The number of hydrogen-bond acceptors (Lipinski definition) is 4. The minimum Gasteiger partial charge on any atom is -0.444 e. The predicted molar refractivity (Wildman–Crippen MR) is 145 cm³/mol. The Morgan fingerprint density at radius 2 is 1.70 bits per heavy atom. The number of nitrogens with zero attached hydrogens (tertiary/aromatic N) is 1. The second kappa shape index (κ2) is 10.4. The van der Waals surface area contributed by atoms with Crippen molar-refractivity contribution < 1.29 is 19.4 Å². The van der Waals surface area contributed by atoms with Crippen LogP contribution in [0.15, 0.2) is 18.2 Å². The number of aliphatic hydroxyl groups excluding tert-OH is 1. The molecule has 1 saturated heterocycles. The molecule has 5 fully saturated rings. The van der Waals surface area contributed by atoms with E-state index >= 15 is 0 Å². The minimum atomic E-state index is -0.516. The summed E-state index contributed by atoms with van der Waals surface area (Å²) in [6, 6.07) is 5.59. The number of nitrogens with one attached hydrogen (secondary N) is 1. The molecule has 1 aliphatic heterocycles. The first-order valence-electron chi connectivity index (χ1n) is 14.2. The summed E-state index contributed by atoms with van der Waals surface area (Å²) in [6.45, 7) is 7.55. The number of rotatable bonds is 6. The third-order valence-electron chi connectivity index (χ3n) is 9.41. The summed E-state index contributed by atoms with van der Waals surface area (Å²) in [5.74, 6) is 2.55. The van der Waals surface area contributed by atoms with Crippen molar-refractivity contribution in [3.63, 3.8) is 0 Å². The van der Waals surface area contributed by atoms with Gasteiger partial charge >= 0.3 is 6.09 Å². The standard InChI is InChI=1S/C30H43ClN2O4/c1-29(2,3)37-28(36)33-8-6-22(7-9-33)25(17-34)23-4-5-26(31)24(13-23)27(35)32-18-30-14-19-10-20(15-30)12-21(11-19)16-30/h4-5,13,19-22,25,34H,6-12,14-18H2,1-3H3,(H,32,35). The Labute approximate surface area is 226 Å². The number of carbonyl (C=O) groups is 2. The summed E-state index contributed by atoms with van der Waals surface area (Å²) in [7, 11) is 0. The van der Waals surface area contributed by atoms with E-state index in [4.69, 9.17) is 16.3 Å². The van der Waals surface area contributed by atoms with Crippen molar-refractivity contribution in [2.24, 2.45) is 29.1 Å². The fourth-order valence-corrected chi connectivity index (χ4v) is 8.36. The molecule has 2 N–H and O–H groups in total. The molecule has 6 nitrogen and oxygen atoms in total. The Balaban J connectivity index is 1.21. The Morgan fingerprint density at radius 1 is 1.11 bits per heavy atom. The zero-order chi connectivity index (χ0) is 26.4. The highest BCUT2D eigenvalue weighted by Crippen LogP contribution is 2.59. The molecule has 7 heteroatoms. The lowest BCUT2D eigenvalue weighted by Crippen LogP contribution is -2.51. The van der Waals surface area contributed by atoms with Crippen molar-refractivity contribution in [3.05, 3.63) is 34.3 Å². The van der Waals surface area contributed by atoms with Crippen LogP contribution in [0.25, 0.3) is 0 Å². The molecule has 1 atom stereocenters. The number of likely N-dealkylation sites (tertiary alicyclic amines) is 1. The SMILES string of the molecule is CC(C)(C)OC(=O)N1CCC(C(CO)c2ccc(Cl)c(C(=O)NCC34CC5CC(CC(C5)C3)C4)c2)CC1. The fourth-order valence-electron chi connectivity index (χ4n) is 8.15. The lowest BCUT2D eigenvalue weighted by atomic mass is 9.49. The molecular weight excluding hydrogens is 488 g/mol. The first-order valence-corrected chi connectivity index (χ1v) is 14.6. The molecule has 4 bridgehead atoms. The number of benzene rings is 1. The number of aliphatic hydroxyl groups is 1. The van der Waals surface area contributed by atoms with Crippen LogP contribution < -0.4 is 5.32 Å². The van der Waals surface area contributed by atoms with Gasteiger partial charge in [0.1, 0.15) is 5.60 Å². The van der Waals surface area contributed by atoms with E-state index < -0.39 is 5.60 Å². The molecule has 6 rings (SSSR count). The van der Waals surface area contributed by atoms with Crippen LogP contribution in [0.5, 0.6) is 0 Å². The average Bonchev–Trinajstić information content (AvgIpc) is 2.82. The van der Waals surface area contributed by atoms with Crippen LogP contribution in [0.2, 0.25) is 5.02 Å². The maximum absolute atomic E-state index is 13.3. The molecular formula is C30H43ClN2O4. The molecule has 1 heterocycles. The van der Waals surface area contributed by atoms with Gasteiger partial charge < -0.3 is 20.1 Å². The van der Waals surface area contributed by atoms with Crippen LogP contribution in [-0.4, -0.2) is 53.8 Å². The molecule has 1 unspecified atom stereocenters. The number of amides is 2. The first kappa shape index (κ1) is 26.8. The molecule has 5 aliphatic rings. The summed E-state index contributed by atoms with van der Waals surface area (Å²) in [5, 5.41) is 14.0. The van der Waals surface area contributed by atoms with Gasteiger partial charge in [0.05, 0.1) is 17.2 Å². The van der Waals surface area contributed by atoms with Gasteiger partial charge in [-0.15, -0.1) is 0 Å². The molecule has 0 aromatic heterocycles. The van der Waals surface area contributed by atoms with Crippen LogP contribution in [0.3, 0.4) is 0 Å². The molecule has 4 aliphatic carbocycles. The number of ether oxygens (including phenoxy) is 1. The summed E-state index contributed by atoms with van der Waals surface area (Å²) < 4.78 is 5.52. The second-order valence-corrected chi connectivity index (χ2v) is 13.8. The van der Waals surface area contributed by atoms with E-state index in [0.717, 1.165) is 42.7 Å². The van der Waals surface area contributed by atoms with Gasteiger partial charge in [-0.1, -0.05) is 17.7 Å². The molecule has 1 aromatic carbocycles. The van der Waals surface area contributed by atoms with E-state index in [9.17, 15) is 14.7 Å². The molecule has 0 spiro atoms. The summed E-state index contributed by atoms with van der Waals surface area (Å²) >= 11 is 6.50. The van der Waals surface area contributed by atoms with Crippen LogP contribution in [0.4, 0.5) is 4.79 Å². The van der Waals surface area contributed by atoms with Gasteiger partial charge in [-0.3, -0.25) is 4.79 Å². The average molecular weight is 531 g/mol. The van der Waals surface area contributed by atoms with Crippen LogP contribution in [0.1, 0.15) is 94.0 Å². The van der Waals surface area contributed by atoms with Crippen LogP contribution >= 0.6 is 11.6 Å². The zero-order valence-corrected chi connectivity index (χ0v) is 23.4. The predicted octanol–water partition coefficient (Wildman–Crippen LogP) is 6.01. The largest absolute Gasteiger partial charge is 0.444 e. The van der Waals surface area contributed by atoms with Crippen molar-refractivity contribution in [1.82, 2.24) is 10.2 Å². The van der Waals surface area contributed by atoms with E-state index in [1.807, 2.05) is 32.9 Å². The van der Waals surface area contributed by atoms with Crippen molar-refractivity contribution >= 4 is 23.6 Å². The highest BCUT2D eigenvalue weighted by molar-refractivity contribution is 6.33. The van der Waals surface area contributed by atoms with Gasteiger partial charge in [0, 0.05) is 25.6 Å². The van der Waals surface area contributed by atoms with Crippen molar-refractivity contribution in [1.29, 1.82) is 0 Å². The van der Waals surface area contributed by atoms with E-state index in [-0.39, 0.29) is 35.9 Å². The van der Waals surface area contributed by atoms with E-state index in [2.05, 4.69) is 5.32 Å². The Bertz CT molecular complexity index is 976. The molecule has 2 amide bonds. The van der Waals surface area contributed by atoms with E-state index in [1.165, 1.54) is 38.5 Å². The van der Waals surface area contributed by atoms with Crippen molar-refractivity contribution in [3.8, 4) is 0 Å². The zero-order valence-electron chi connectivity index (χ0n) is 22.6. The second-order valence-electron chi connectivity index (χ2n) is 13.4. The molecule has 37 heavy (non-hydrogen) atoms. The first-order chi connectivity index (χ1) is 17.5. The lowest BCUT2D eigenvalue weighted by Gasteiger charge is -2.56. The topological polar surface area (TPSA) is 78.9 Å². The van der Waals surface area contributed by atoms with E-state index in [0.29, 0.717) is 23.7 Å². The molecule has 204 valence electrons. The molecule has 1 aromatic rings. The maximum atomic E-state index is 13.3. The van der Waals surface area contributed by atoms with Gasteiger partial charge in [0.2, 0.25) is 0 Å². The Hall–Kier alpha value is -1.79. The number of hydrogen-bond donors (Lipinski definition) is 2. The van der Waals surface area contributed by atoms with Crippen molar-refractivity contribution in [2.75, 3.05) is 26.2 Å². The highest BCUT2D eigenvalue weighted by atomic mass is 35.5. The number of piperidine rings is 1. The van der Waals surface area contributed by atoms with Crippen LogP contribution in [0, 0.1) is 29.1 Å². The van der Waals surface area contributed by atoms with Gasteiger partial charge in [-0.05, 0) is 119 Å². The van der Waals surface area contributed by atoms with Gasteiger partial charge in [0.15, 0.2) is 0 Å². The fraction of sp³-hybridized carbons (Fsp3) is 0.733. The highest BCUT2D eigenvalue weighted by Gasteiger charge is 2.50. The monoisotopic (exact) mass is 530 g/mol. The summed E-state index contributed by atoms with van der Waals surface area (Å²) in [5.41, 5.74) is 1.18. The third-order valence-corrected chi connectivity index (χ3v) is 9.74. The third kappa shape index (κ3) is 5.95. The van der Waals surface area contributed by atoms with Crippen LogP contribution in [-0.2, 0) is 4.74 Å². The normalized spacial score (nSPS) is 30.3.